The van der Waals surface area contributed by atoms with E-state index in [1.54, 1.807) is 37.3 Å². The zero-order chi connectivity index (χ0) is 23.4. The second-order valence-electron chi connectivity index (χ2n) is 7.32. The third-order valence-corrected chi connectivity index (χ3v) is 5.03. The Bertz CT molecular complexity index is 1370. The number of fused-ring (bicyclic) bond motifs is 1. The summed E-state index contributed by atoms with van der Waals surface area (Å²) in [4.78, 5) is 40.4. The lowest BCUT2D eigenvalue weighted by atomic mass is 10.0. The van der Waals surface area contributed by atoms with Gasteiger partial charge in [0, 0.05) is 28.3 Å². The van der Waals surface area contributed by atoms with Crippen molar-refractivity contribution >= 4 is 34.2 Å². The monoisotopic (exact) mass is 441 g/mol. The van der Waals surface area contributed by atoms with E-state index in [2.05, 4.69) is 10.3 Å². The molecule has 0 saturated carbocycles. The molecule has 4 rings (SSSR count). The molecule has 0 spiro atoms. The van der Waals surface area contributed by atoms with Gasteiger partial charge in [-0.05, 0) is 25.1 Å². The summed E-state index contributed by atoms with van der Waals surface area (Å²) in [6.45, 7) is 1.06. The van der Waals surface area contributed by atoms with Crippen molar-refractivity contribution in [2.75, 3.05) is 11.9 Å². The van der Waals surface area contributed by atoms with Crippen LogP contribution >= 0.6 is 0 Å². The molecule has 8 nitrogen and oxygen atoms in total. The first kappa shape index (κ1) is 21.6. The van der Waals surface area contributed by atoms with Crippen LogP contribution in [0.3, 0.4) is 0 Å². The predicted molar refractivity (Wildman–Crippen MR) is 124 cm³/mol. The number of nitro groups is 1. The van der Waals surface area contributed by atoms with Crippen LogP contribution in [0.5, 0.6) is 0 Å². The number of hydrogen-bond acceptors (Lipinski definition) is 6. The highest BCUT2D eigenvalue weighted by molar-refractivity contribution is 6.05. The van der Waals surface area contributed by atoms with E-state index < -0.39 is 23.4 Å². The highest BCUT2D eigenvalue weighted by Crippen LogP contribution is 2.26. The molecule has 0 radical (unpaired) electrons. The molecular formula is C25H19N3O5. The summed E-state index contributed by atoms with van der Waals surface area (Å²) < 4.78 is 5.25. The van der Waals surface area contributed by atoms with Gasteiger partial charge in [0.05, 0.1) is 21.7 Å². The number of aromatic nitrogens is 1. The summed E-state index contributed by atoms with van der Waals surface area (Å²) in [5.41, 5.74) is 2.98. The lowest BCUT2D eigenvalue weighted by molar-refractivity contribution is -0.385. The summed E-state index contributed by atoms with van der Waals surface area (Å²) in [5, 5.41) is 14.2. The first-order valence-electron chi connectivity index (χ1n) is 10.1. The quantitative estimate of drug-likeness (QED) is 0.258. The Morgan fingerprint density at radius 1 is 1.00 bits per heavy atom. The number of esters is 1. The number of rotatable bonds is 6. The molecule has 0 bridgehead atoms. The Kier molecular flexibility index (Phi) is 6.08. The summed E-state index contributed by atoms with van der Waals surface area (Å²) in [6.07, 6.45) is 0. The van der Waals surface area contributed by atoms with Gasteiger partial charge < -0.3 is 10.1 Å². The molecule has 33 heavy (non-hydrogen) atoms. The molecule has 0 aliphatic heterocycles. The van der Waals surface area contributed by atoms with Crippen molar-refractivity contribution in [2.45, 2.75) is 6.92 Å². The summed E-state index contributed by atoms with van der Waals surface area (Å²) in [6, 6.07) is 22.6. The van der Waals surface area contributed by atoms with Gasteiger partial charge in [-0.15, -0.1) is 0 Å². The number of anilines is 1. The number of amides is 1. The maximum absolute atomic E-state index is 12.9. The van der Waals surface area contributed by atoms with Crippen molar-refractivity contribution in [2.24, 2.45) is 0 Å². The SMILES string of the molecule is Cc1ccc(NC(=O)COC(=O)c2cc(-c3ccccc3)nc3ccccc23)cc1[N+](=O)[O-]. The average Bonchev–Trinajstić information content (AvgIpc) is 2.83. The number of benzene rings is 3. The molecule has 0 saturated heterocycles. The maximum atomic E-state index is 12.9. The molecule has 8 heteroatoms. The third kappa shape index (κ3) is 4.85. The predicted octanol–water partition coefficient (Wildman–Crippen LogP) is 4.91. The van der Waals surface area contributed by atoms with Gasteiger partial charge in [0.1, 0.15) is 0 Å². The second-order valence-corrected chi connectivity index (χ2v) is 7.32. The van der Waals surface area contributed by atoms with Crippen LogP contribution in [-0.4, -0.2) is 28.4 Å². The smallest absolute Gasteiger partial charge is 0.339 e. The van der Waals surface area contributed by atoms with Crippen LogP contribution in [0.15, 0.2) is 78.9 Å². The Morgan fingerprint density at radius 2 is 1.73 bits per heavy atom. The van der Waals surface area contributed by atoms with E-state index in [1.807, 2.05) is 36.4 Å². The minimum Gasteiger partial charge on any atom is -0.452 e. The number of nitro benzene ring substituents is 1. The number of nitrogens with zero attached hydrogens (tertiary/aromatic N) is 2. The summed E-state index contributed by atoms with van der Waals surface area (Å²) in [7, 11) is 0. The van der Waals surface area contributed by atoms with Crippen LogP contribution in [0.2, 0.25) is 0 Å². The van der Waals surface area contributed by atoms with E-state index in [0.717, 1.165) is 5.56 Å². The van der Waals surface area contributed by atoms with Crippen molar-refractivity contribution in [1.82, 2.24) is 4.98 Å². The molecule has 0 atom stereocenters. The van der Waals surface area contributed by atoms with Gasteiger partial charge >= 0.3 is 5.97 Å². The van der Waals surface area contributed by atoms with Crippen LogP contribution in [0.4, 0.5) is 11.4 Å². The lowest BCUT2D eigenvalue weighted by Crippen LogP contribution is -2.21. The van der Waals surface area contributed by atoms with E-state index in [9.17, 15) is 19.7 Å². The van der Waals surface area contributed by atoms with E-state index in [4.69, 9.17) is 4.74 Å². The summed E-state index contributed by atoms with van der Waals surface area (Å²) >= 11 is 0. The van der Waals surface area contributed by atoms with Gasteiger partial charge in [0.15, 0.2) is 6.61 Å². The molecule has 1 amide bonds. The zero-order valence-corrected chi connectivity index (χ0v) is 17.6. The van der Waals surface area contributed by atoms with Crippen molar-refractivity contribution in [1.29, 1.82) is 0 Å². The fourth-order valence-corrected chi connectivity index (χ4v) is 3.39. The molecule has 1 aromatic heterocycles. The molecule has 0 aliphatic rings. The minimum absolute atomic E-state index is 0.110. The number of pyridine rings is 1. The second kappa shape index (κ2) is 9.27. The van der Waals surface area contributed by atoms with Gasteiger partial charge in [-0.1, -0.05) is 54.6 Å². The van der Waals surface area contributed by atoms with E-state index in [-0.39, 0.29) is 11.4 Å². The molecule has 4 aromatic rings. The van der Waals surface area contributed by atoms with Crippen LogP contribution in [0, 0.1) is 17.0 Å². The number of aryl methyl sites for hydroxylation is 1. The van der Waals surface area contributed by atoms with E-state index in [0.29, 0.717) is 27.7 Å². The standard InChI is InChI=1S/C25H19N3O5/c1-16-11-12-18(13-23(16)28(31)32)26-24(29)15-33-25(30)20-14-22(17-7-3-2-4-8-17)27-21-10-6-5-9-19(20)21/h2-14H,15H2,1H3,(H,26,29). The van der Waals surface area contributed by atoms with Crippen molar-refractivity contribution in [3.8, 4) is 11.3 Å². The van der Waals surface area contributed by atoms with Gasteiger partial charge in [0.25, 0.3) is 11.6 Å². The molecule has 1 N–H and O–H groups in total. The third-order valence-electron chi connectivity index (χ3n) is 5.03. The number of hydrogen-bond donors (Lipinski definition) is 1. The highest BCUT2D eigenvalue weighted by atomic mass is 16.6. The van der Waals surface area contributed by atoms with Gasteiger partial charge in [-0.3, -0.25) is 14.9 Å². The molecular weight excluding hydrogens is 422 g/mol. The average molecular weight is 441 g/mol. The fourth-order valence-electron chi connectivity index (χ4n) is 3.39. The van der Waals surface area contributed by atoms with Crippen LogP contribution in [0.1, 0.15) is 15.9 Å². The number of nitrogens with one attached hydrogen (secondary N) is 1. The highest BCUT2D eigenvalue weighted by Gasteiger charge is 2.17. The van der Waals surface area contributed by atoms with E-state index in [1.165, 1.54) is 12.1 Å². The molecule has 0 aliphatic carbocycles. The molecule has 164 valence electrons. The largest absolute Gasteiger partial charge is 0.452 e. The lowest BCUT2D eigenvalue weighted by Gasteiger charge is -2.11. The molecule has 0 fully saturated rings. The molecule has 1 heterocycles. The van der Waals surface area contributed by atoms with Crippen LogP contribution < -0.4 is 5.32 Å². The van der Waals surface area contributed by atoms with Gasteiger partial charge in [-0.25, -0.2) is 9.78 Å². The van der Waals surface area contributed by atoms with Crippen molar-refractivity contribution in [3.05, 3.63) is 100 Å². The Morgan fingerprint density at radius 3 is 2.48 bits per heavy atom. The topological polar surface area (TPSA) is 111 Å². The van der Waals surface area contributed by atoms with Gasteiger partial charge in [0.2, 0.25) is 0 Å². The maximum Gasteiger partial charge on any atom is 0.339 e. The van der Waals surface area contributed by atoms with Crippen molar-refractivity contribution < 1.29 is 19.2 Å². The first-order valence-corrected chi connectivity index (χ1v) is 10.1. The normalized spacial score (nSPS) is 10.6. The summed E-state index contributed by atoms with van der Waals surface area (Å²) in [5.74, 6) is -1.28. The fraction of sp³-hybridized carbons (Fsp3) is 0.0800. The van der Waals surface area contributed by atoms with Crippen LogP contribution in [-0.2, 0) is 9.53 Å². The Hall–Kier alpha value is -4.59. The number of para-hydroxylation sites is 1. The van der Waals surface area contributed by atoms with Crippen LogP contribution in [0.25, 0.3) is 22.2 Å². The number of carbonyl (C=O) groups is 2. The minimum atomic E-state index is -0.671. The Balaban J connectivity index is 1.53. The van der Waals surface area contributed by atoms with E-state index >= 15 is 0 Å². The number of ether oxygens (including phenoxy) is 1. The van der Waals surface area contributed by atoms with Crippen molar-refractivity contribution in [3.63, 3.8) is 0 Å². The molecule has 0 unspecified atom stereocenters. The number of carbonyl (C=O) groups excluding carboxylic acids is 2. The van der Waals surface area contributed by atoms with Gasteiger partial charge in [-0.2, -0.15) is 0 Å². The molecule has 3 aromatic carbocycles. The Labute approximate surface area is 189 Å². The first-order chi connectivity index (χ1) is 15.9. The zero-order valence-electron chi connectivity index (χ0n) is 17.6.